The Bertz CT molecular complexity index is 537. The minimum absolute atomic E-state index is 0.150. The standard InChI is InChI=1S/C16H22N2OS/c1-4-18(11-16-6-5-7-20-16)14-8-13(17)9-15(10-14)19-12(2)3/h5-10,12H,4,11,17H2,1-3H3. The summed E-state index contributed by atoms with van der Waals surface area (Å²) in [5.74, 6) is 0.833. The highest BCUT2D eigenvalue weighted by atomic mass is 32.1. The second kappa shape index (κ2) is 6.66. The quantitative estimate of drug-likeness (QED) is 0.812. The minimum atomic E-state index is 0.150. The Hall–Kier alpha value is -1.68. The molecule has 108 valence electrons. The van der Waals surface area contributed by atoms with Gasteiger partial charge in [-0.2, -0.15) is 0 Å². The molecule has 0 fully saturated rings. The van der Waals surface area contributed by atoms with E-state index in [9.17, 15) is 0 Å². The number of benzene rings is 1. The maximum Gasteiger partial charge on any atom is 0.123 e. The molecule has 0 saturated carbocycles. The van der Waals surface area contributed by atoms with Crippen molar-refractivity contribution in [1.29, 1.82) is 0 Å². The van der Waals surface area contributed by atoms with Crippen molar-refractivity contribution in [2.24, 2.45) is 0 Å². The van der Waals surface area contributed by atoms with Gasteiger partial charge in [0, 0.05) is 34.9 Å². The average Bonchev–Trinajstić information content (AvgIpc) is 2.87. The SMILES string of the molecule is CCN(Cc1cccs1)c1cc(N)cc(OC(C)C)c1. The zero-order valence-corrected chi connectivity index (χ0v) is 13.1. The Kier molecular flexibility index (Phi) is 4.90. The lowest BCUT2D eigenvalue weighted by atomic mass is 10.2. The topological polar surface area (TPSA) is 38.5 Å². The zero-order chi connectivity index (χ0) is 14.5. The summed E-state index contributed by atoms with van der Waals surface area (Å²) in [6.45, 7) is 8.03. The summed E-state index contributed by atoms with van der Waals surface area (Å²) >= 11 is 1.78. The van der Waals surface area contributed by atoms with Gasteiger partial charge >= 0.3 is 0 Å². The van der Waals surface area contributed by atoms with E-state index in [4.69, 9.17) is 10.5 Å². The fourth-order valence-corrected chi connectivity index (χ4v) is 2.82. The van der Waals surface area contributed by atoms with Crippen molar-refractivity contribution >= 4 is 22.7 Å². The van der Waals surface area contributed by atoms with E-state index >= 15 is 0 Å². The molecule has 1 aromatic carbocycles. The normalized spacial score (nSPS) is 10.8. The van der Waals surface area contributed by atoms with E-state index in [1.807, 2.05) is 26.0 Å². The summed E-state index contributed by atoms with van der Waals surface area (Å²) in [6.07, 6.45) is 0.150. The Morgan fingerprint density at radius 1 is 1.30 bits per heavy atom. The van der Waals surface area contributed by atoms with Gasteiger partial charge in [0.1, 0.15) is 5.75 Å². The number of hydrogen-bond acceptors (Lipinski definition) is 4. The Balaban J connectivity index is 2.22. The van der Waals surface area contributed by atoms with Crippen LogP contribution in [-0.2, 0) is 6.54 Å². The maximum absolute atomic E-state index is 6.00. The number of hydrogen-bond donors (Lipinski definition) is 1. The van der Waals surface area contributed by atoms with Crippen LogP contribution in [0.1, 0.15) is 25.6 Å². The van der Waals surface area contributed by atoms with E-state index in [1.165, 1.54) is 4.88 Å². The highest BCUT2D eigenvalue weighted by Gasteiger charge is 2.09. The van der Waals surface area contributed by atoms with Crippen molar-refractivity contribution < 1.29 is 4.74 Å². The van der Waals surface area contributed by atoms with Gasteiger partial charge in [0.15, 0.2) is 0 Å². The van der Waals surface area contributed by atoms with Gasteiger partial charge in [-0.15, -0.1) is 11.3 Å². The molecule has 0 bridgehead atoms. The van der Waals surface area contributed by atoms with E-state index < -0.39 is 0 Å². The van der Waals surface area contributed by atoms with Crippen LogP contribution in [-0.4, -0.2) is 12.6 Å². The number of anilines is 2. The minimum Gasteiger partial charge on any atom is -0.491 e. The molecule has 0 aliphatic heterocycles. The molecule has 0 amide bonds. The molecule has 0 unspecified atom stereocenters. The predicted octanol–water partition coefficient (Wildman–Crippen LogP) is 4.14. The summed E-state index contributed by atoms with van der Waals surface area (Å²) in [7, 11) is 0. The van der Waals surface area contributed by atoms with E-state index in [0.717, 1.165) is 30.2 Å². The van der Waals surface area contributed by atoms with E-state index in [2.05, 4.69) is 35.4 Å². The molecule has 2 rings (SSSR count). The highest BCUT2D eigenvalue weighted by molar-refractivity contribution is 7.09. The Morgan fingerprint density at radius 3 is 2.70 bits per heavy atom. The van der Waals surface area contributed by atoms with Gasteiger partial charge in [0.25, 0.3) is 0 Å². The molecule has 3 nitrogen and oxygen atoms in total. The fourth-order valence-electron chi connectivity index (χ4n) is 2.10. The summed E-state index contributed by atoms with van der Waals surface area (Å²) in [5.41, 5.74) is 7.84. The molecular formula is C16H22N2OS. The van der Waals surface area contributed by atoms with E-state index in [1.54, 1.807) is 11.3 Å². The molecule has 4 heteroatoms. The van der Waals surface area contributed by atoms with Crippen LogP contribution in [0.15, 0.2) is 35.7 Å². The molecule has 0 aliphatic rings. The zero-order valence-electron chi connectivity index (χ0n) is 12.3. The number of nitrogens with zero attached hydrogens (tertiary/aromatic N) is 1. The number of ether oxygens (including phenoxy) is 1. The maximum atomic E-state index is 6.00. The Labute approximate surface area is 125 Å². The van der Waals surface area contributed by atoms with Gasteiger partial charge in [-0.1, -0.05) is 6.07 Å². The molecule has 1 heterocycles. The van der Waals surface area contributed by atoms with E-state index in [-0.39, 0.29) is 6.10 Å². The smallest absolute Gasteiger partial charge is 0.123 e. The van der Waals surface area contributed by atoms with Crippen molar-refractivity contribution in [2.75, 3.05) is 17.2 Å². The van der Waals surface area contributed by atoms with Gasteiger partial charge in [0.05, 0.1) is 12.6 Å². The van der Waals surface area contributed by atoms with Crippen molar-refractivity contribution in [2.45, 2.75) is 33.4 Å². The lowest BCUT2D eigenvalue weighted by Crippen LogP contribution is -2.21. The molecule has 20 heavy (non-hydrogen) atoms. The first-order valence-corrected chi connectivity index (χ1v) is 7.81. The number of thiophene rings is 1. The number of rotatable bonds is 6. The third-order valence-corrected chi connectivity index (χ3v) is 3.82. The van der Waals surface area contributed by atoms with Crippen molar-refractivity contribution in [3.8, 4) is 5.75 Å². The van der Waals surface area contributed by atoms with Crippen LogP contribution in [0.4, 0.5) is 11.4 Å². The second-order valence-electron chi connectivity index (χ2n) is 5.02. The predicted molar refractivity (Wildman–Crippen MR) is 87.7 cm³/mol. The summed E-state index contributed by atoms with van der Waals surface area (Å²) in [6, 6.07) is 10.2. The van der Waals surface area contributed by atoms with Crippen LogP contribution in [0.2, 0.25) is 0 Å². The van der Waals surface area contributed by atoms with Crippen LogP contribution in [0.25, 0.3) is 0 Å². The van der Waals surface area contributed by atoms with Gasteiger partial charge in [-0.3, -0.25) is 0 Å². The molecule has 0 atom stereocenters. The summed E-state index contributed by atoms with van der Waals surface area (Å²) in [5, 5.41) is 2.11. The third kappa shape index (κ3) is 3.90. The van der Waals surface area contributed by atoms with Gasteiger partial charge in [-0.25, -0.2) is 0 Å². The summed E-state index contributed by atoms with van der Waals surface area (Å²) < 4.78 is 5.76. The van der Waals surface area contributed by atoms with Crippen LogP contribution in [0, 0.1) is 0 Å². The molecule has 0 saturated heterocycles. The second-order valence-corrected chi connectivity index (χ2v) is 6.05. The lowest BCUT2D eigenvalue weighted by Gasteiger charge is -2.24. The molecule has 2 N–H and O–H groups in total. The van der Waals surface area contributed by atoms with Gasteiger partial charge in [0.2, 0.25) is 0 Å². The van der Waals surface area contributed by atoms with Crippen LogP contribution in [0.3, 0.4) is 0 Å². The van der Waals surface area contributed by atoms with Crippen LogP contribution < -0.4 is 15.4 Å². The van der Waals surface area contributed by atoms with Gasteiger partial charge in [-0.05, 0) is 38.3 Å². The van der Waals surface area contributed by atoms with Crippen molar-refractivity contribution in [1.82, 2.24) is 0 Å². The molecule has 0 radical (unpaired) electrons. The highest BCUT2D eigenvalue weighted by Crippen LogP contribution is 2.28. The lowest BCUT2D eigenvalue weighted by molar-refractivity contribution is 0.242. The summed E-state index contributed by atoms with van der Waals surface area (Å²) in [4.78, 5) is 3.65. The molecule has 0 spiro atoms. The van der Waals surface area contributed by atoms with Crippen LogP contribution >= 0.6 is 11.3 Å². The first-order chi connectivity index (χ1) is 9.58. The van der Waals surface area contributed by atoms with Crippen molar-refractivity contribution in [3.63, 3.8) is 0 Å². The molecule has 1 aromatic heterocycles. The largest absolute Gasteiger partial charge is 0.491 e. The van der Waals surface area contributed by atoms with E-state index in [0.29, 0.717) is 0 Å². The number of nitrogen functional groups attached to an aromatic ring is 1. The molecule has 0 aliphatic carbocycles. The van der Waals surface area contributed by atoms with Crippen LogP contribution in [0.5, 0.6) is 5.75 Å². The molecular weight excluding hydrogens is 268 g/mol. The first kappa shape index (κ1) is 14.7. The molecule has 2 aromatic rings. The third-order valence-electron chi connectivity index (χ3n) is 2.96. The first-order valence-electron chi connectivity index (χ1n) is 6.93. The number of nitrogens with two attached hydrogens (primary N) is 1. The average molecular weight is 290 g/mol. The Morgan fingerprint density at radius 2 is 2.10 bits per heavy atom. The van der Waals surface area contributed by atoms with Gasteiger partial charge < -0.3 is 15.4 Å². The fraction of sp³-hybridized carbons (Fsp3) is 0.375. The van der Waals surface area contributed by atoms with Crippen molar-refractivity contribution in [3.05, 3.63) is 40.6 Å². The monoisotopic (exact) mass is 290 g/mol.